The molecular formula is C10H16Si. The fraction of sp³-hybridized carbons (Fsp3) is 0.600. The summed E-state index contributed by atoms with van der Waals surface area (Å²) >= 11 is 0. The van der Waals surface area contributed by atoms with Gasteiger partial charge in [0.15, 0.2) is 0 Å². The normalized spacial score (nSPS) is 9.64. The van der Waals surface area contributed by atoms with Crippen LogP contribution >= 0.6 is 0 Å². The Balaban J connectivity index is 4.71. The molecule has 0 bridgehead atoms. The predicted molar refractivity (Wildman–Crippen MR) is 53.6 cm³/mol. The maximum absolute atomic E-state index is 3.27. The zero-order chi connectivity index (χ0) is 8.91. The van der Waals surface area contributed by atoms with E-state index in [9.17, 15) is 0 Å². The van der Waals surface area contributed by atoms with Crippen LogP contribution in [0.5, 0.6) is 0 Å². The topological polar surface area (TPSA) is 0 Å². The second-order valence-electron chi connectivity index (χ2n) is 3.11. The molecule has 0 saturated carbocycles. The van der Waals surface area contributed by atoms with Crippen molar-refractivity contribution in [3.05, 3.63) is 0 Å². The van der Waals surface area contributed by atoms with Gasteiger partial charge in [-0.1, -0.05) is 13.8 Å². The Kier molecular flexibility index (Phi) is 4.01. The van der Waals surface area contributed by atoms with E-state index in [-0.39, 0.29) is 0 Å². The number of hydrogen-bond acceptors (Lipinski definition) is 0. The van der Waals surface area contributed by atoms with Gasteiger partial charge in [-0.3, -0.25) is 0 Å². The van der Waals surface area contributed by atoms with Crippen molar-refractivity contribution in [2.45, 2.75) is 39.8 Å². The molecule has 0 aliphatic heterocycles. The van der Waals surface area contributed by atoms with E-state index in [0.717, 1.165) is 0 Å². The van der Waals surface area contributed by atoms with Gasteiger partial charge >= 0.3 is 0 Å². The lowest BCUT2D eigenvalue weighted by atomic mass is 10.6. The van der Waals surface area contributed by atoms with Gasteiger partial charge in [0.2, 0.25) is 8.07 Å². The van der Waals surface area contributed by atoms with Crippen molar-refractivity contribution in [3.63, 3.8) is 0 Å². The molecule has 0 atom stereocenters. The molecule has 0 heterocycles. The van der Waals surface area contributed by atoms with Crippen molar-refractivity contribution in [1.82, 2.24) is 0 Å². The standard InChI is InChI=1S/C10H16Si/c1-6-8-11(5,9-7-2)10(3)4/h10H,1-5H3. The first-order valence-corrected chi connectivity index (χ1v) is 6.52. The molecule has 0 saturated heterocycles. The van der Waals surface area contributed by atoms with E-state index in [1.807, 2.05) is 13.8 Å². The van der Waals surface area contributed by atoms with Crippen LogP contribution in [0.15, 0.2) is 0 Å². The highest BCUT2D eigenvalue weighted by molar-refractivity contribution is 6.94. The third-order valence-corrected chi connectivity index (χ3v) is 5.77. The molecule has 0 aromatic rings. The Morgan fingerprint density at radius 1 is 1.00 bits per heavy atom. The van der Waals surface area contributed by atoms with Gasteiger partial charge in [-0.15, -0.1) is 22.9 Å². The SMILES string of the molecule is CC#C[Si](C)(C#CC)C(C)C. The maximum Gasteiger partial charge on any atom is 0.216 e. The fourth-order valence-corrected chi connectivity index (χ4v) is 2.52. The van der Waals surface area contributed by atoms with Crippen LogP contribution in [-0.2, 0) is 0 Å². The van der Waals surface area contributed by atoms with Crippen LogP contribution in [0.4, 0.5) is 0 Å². The van der Waals surface area contributed by atoms with Crippen molar-refractivity contribution in [2.24, 2.45) is 0 Å². The van der Waals surface area contributed by atoms with E-state index in [0.29, 0.717) is 5.54 Å². The van der Waals surface area contributed by atoms with E-state index in [1.54, 1.807) is 0 Å². The highest BCUT2D eigenvalue weighted by Crippen LogP contribution is 2.18. The van der Waals surface area contributed by atoms with Gasteiger partial charge in [-0.05, 0) is 25.9 Å². The fourth-order valence-electron chi connectivity index (χ4n) is 0.839. The smallest absolute Gasteiger partial charge is 0.116 e. The molecule has 0 spiro atoms. The van der Waals surface area contributed by atoms with Gasteiger partial charge in [0.25, 0.3) is 0 Å². The van der Waals surface area contributed by atoms with Crippen LogP contribution in [0, 0.1) is 22.9 Å². The lowest BCUT2D eigenvalue weighted by Crippen LogP contribution is -2.30. The molecule has 0 aliphatic carbocycles. The minimum atomic E-state index is -1.55. The van der Waals surface area contributed by atoms with Gasteiger partial charge in [0.05, 0.1) is 0 Å². The predicted octanol–water partition coefficient (Wildman–Crippen LogP) is 2.60. The van der Waals surface area contributed by atoms with E-state index in [4.69, 9.17) is 0 Å². The van der Waals surface area contributed by atoms with Gasteiger partial charge in [-0.25, -0.2) is 0 Å². The first-order chi connectivity index (χ1) is 5.06. The Morgan fingerprint density at radius 3 is 1.55 bits per heavy atom. The Labute approximate surface area is 71.4 Å². The van der Waals surface area contributed by atoms with Crippen molar-refractivity contribution < 1.29 is 0 Å². The van der Waals surface area contributed by atoms with Crippen molar-refractivity contribution in [3.8, 4) is 22.9 Å². The average Bonchev–Trinajstić information content (AvgIpc) is 1.88. The minimum Gasteiger partial charge on any atom is -0.116 e. The van der Waals surface area contributed by atoms with Crippen LogP contribution in [0.2, 0.25) is 12.1 Å². The number of hydrogen-bond donors (Lipinski definition) is 0. The molecule has 0 amide bonds. The molecule has 0 aliphatic rings. The molecular weight excluding hydrogens is 148 g/mol. The summed E-state index contributed by atoms with van der Waals surface area (Å²) < 4.78 is 0. The highest BCUT2D eigenvalue weighted by Gasteiger charge is 2.26. The Morgan fingerprint density at radius 2 is 1.36 bits per heavy atom. The molecule has 1 heteroatoms. The van der Waals surface area contributed by atoms with Crippen molar-refractivity contribution in [2.75, 3.05) is 0 Å². The maximum atomic E-state index is 3.27. The molecule has 0 unspecified atom stereocenters. The highest BCUT2D eigenvalue weighted by atomic mass is 28.3. The quantitative estimate of drug-likeness (QED) is 0.413. The third kappa shape index (κ3) is 2.83. The van der Waals surface area contributed by atoms with E-state index >= 15 is 0 Å². The van der Waals surface area contributed by atoms with Crippen molar-refractivity contribution >= 4 is 8.07 Å². The lowest BCUT2D eigenvalue weighted by Gasteiger charge is -2.17. The zero-order valence-electron chi connectivity index (χ0n) is 8.08. The first-order valence-electron chi connectivity index (χ1n) is 3.94. The van der Waals surface area contributed by atoms with E-state index in [2.05, 4.69) is 43.3 Å². The molecule has 0 N–H and O–H groups in total. The summed E-state index contributed by atoms with van der Waals surface area (Å²) in [5.41, 5.74) is 7.18. The van der Waals surface area contributed by atoms with Crippen LogP contribution in [0.25, 0.3) is 0 Å². The first kappa shape index (κ1) is 10.3. The second kappa shape index (κ2) is 4.26. The summed E-state index contributed by atoms with van der Waals surface area (Å²) in [6.07, 6.45) is 0. The van der Waals surface area contributed by atoms with Gasteiger partial charge in [-0.2, -0.15) is 0 Å². The summed E-state index contributed by atoms with van der Waals surface area (Å²) in [7, 11) is -1.55. The largest absolute Gasteiger partial charge is 0.216 e. The minimum absolute atomic E-state index is 0.627. The van der Waals surface area contributed by atoms with Crippen molar-refractivity contribution in [1.29, 1.82) is 0 Å². The molecule has 0 aromatic carbocycles. The molecule has 60 valence electrons. The van der Waals surface area contributed by atoms with Gasteiger partial charge in [0.1, 0.15) is 0 Å². The lowest BCUT2D eigenvalue weighted by molar-refractivity contribution is 1.04. The monoisotopic (exact) mass is 164 g/mol. The molecule has 0 nitrogen and oxygen atoms in total. The summed E-state index contributed by atoms with van der Waals surface area (Å²) in [4.78, 5) is 0. The van der Waals surface area contributed by atoms with Crippen LogP contribution in [0.1, 0.15) is 27.7 Å². The Hall–Kier alpha value is -0.663. The molecule has 11 heavy (non-hydrogen) atoms. The number of rotatable bonds is 1. The van der Waals surface area contributed by atoms with Gasteiger partial charge < -0.3 is 0 Å². The zero-order valence-corrected chi connectivity index (χ0v) is 9.08. The van der Waals surface area contributed by atoms with Gasteiger partial charge in [0, 0.05) is 0 Å². The summed E-state index contributed by atoms with van der Waals surface area (Å²) in [5, 5.41) is 0. The average molecular weight is 164 g/mol. The van der Waals surface area contributed by atoms with E-state index < -0.39 is 8.07 Å². The molecule has 0 radical (unpaired) electrons. The summed E-state index contributed by atoms with van der Waals surface area (Å²) in [6.45, 7) is 10.4. The van der Waals surface area contributed by atoms with Crippen LogP contribution < -0.4 is 0 Å². The third-order valence-electron chi connectivity index (χ3n) is 1.92. The molecule has 0 aromatic heterocycles. The van der Waals surface area contributed by atoms with E-state index in [1.165, 1.54) is 0 Å². The molecule has 0 rings (SSSR count). The Bertz CT molecular complexity index is 209. The second-order valence-corrected chi connectivity index (χ2v) is 7.17. The summed E-state index contributed by atoms with van der Waals surface area (Å²) in [5.74, 6) is 5.97. The van der Waals surface area contributed by atoms with Crippen LogP contribution in [-0.4, -0.2) is 8.07 Å². The van der Waals surface area contributed by atoms with Crippen LogP contribution in [0.3, 0.4) is 0 Å². The molecule has 0 fully saturated rings. The summed E-state index contributed by atoms with van der Waals surface area (Å²) in [6, 6.07) is 0.